The van der Waals surface area contributed by atoms with E-state index in [1.165, 1.54) is 17.7 Å². The first-order valence-electron chi connectivity index (χ1n) is 8.34. The van der Waals surface area contributed by atoms with Gasteiger partial charge in [-0.15, -0.1) is 0 Å². The van der Waals surface area contributed by atoms with E-state index in [0.717, 1.165) is 23.7 Å². The molecule has 3 aromatic rings. The summed E-state index contributed by atoms with van der Waals surface area (Å²) in [7, 11) is 0. The third-order valence-corrected chi connectivity index (χ3v) is 5.18. The first-order chi connectivity index (χ1) is 12.1. The van der Waals surface area contributed by atoms with Crippen molar-refractivity contribution in [3.63, 3.8) is 0 Å². The largest absolute Gasteiger partial charge is 0.361 e. The molecule has 1 fully saturated rings. The fourth-order valence-electron chi connectivity index (χ4n) is 3.39. The molecule has 0 bridgehead atoms. The fraction of sp³-hybridized carbons (Fsp3) is 0.250. The summed E-state index contributed by atoms with van der Waals surface area (Å²) in [6.45, 7) is 0.594. The van der Waals surface area contributed by atoms with E-state index < -0.39 is 0 Å². The molecular weight excluding hydrogens is 339 g/mol. The van der Waals surface area contributed by atoms with Crippen LogP contribution in [0.15, 0.2) is 48.7 Å². The van der Waals surface area contributed by atoms with Crippen LogP contribution in [-0.4, -0.2) is 17.4 Å². The topological polar surface area (TPSA) is 44.9 Å². The van der Waals surface area contributed by atoms with Crippen molar-refractivity contribution in [3.05, 3.63) is 70.6 Å². The Bertz CT molecular complexity index is 946. The highest BCUT2D eigenvalue weighted by Crippen LogP contribution is 2.50. The van der Waals surface area contributed by atoms with Crippen molar-refractivity contribution >= 4 is 28.4 Å². The normalized spacial score (nSPS) is 15.3. The molecule has 1 aromatic heterocycles. The molecule has 3 nitrogen and oxygen atoms in total. The SMILES string of the molecule is O=C(Cc1cccc(F)c1)NCC1(c2c[nH]c3cc(Cl)ccc23)CC1. The molecule has 1 aliphatic rings. The third-order valence-electron chi connectivity index (χ3n) is 4.95. The van der Waals surface area contributed by atoms with Crippen molar-refractivity contribution < 1.29 is 9.18 Å². The van der Waals surface area contributed by atoms with Gasteiger partial charge in [-0.25, -0.2) is 4.39 Å². The van der Waals surface area contributed by atoms with E-state index >= 15 is 0 Å². The highest BCUT2D eigenvalue weighted by atomic mass is 35.5. The Morgan fingerprint density at radius 1 is 1.24 bits per heavy atom. The summed E-state index contributed by atoms with van der Waals surface area (Å²) in [5.41, 5.74) is 2.91. The maximum Gasteiger partial charge on any atom is 0.224 e. The van der Waals surface area contributed by atoms with Crippen LogP contribution in [0.4, 0.5) is 4.39 Å². The standard InChI is InChI=1S/C20H18ClFN2O/c21-14-4-5-16-17(11-23-18(16)10-14)20(6-7-20)12-24-19(25)9-13-2-1-3-15(22)8-13/h1-5,8,10-11,23H,6-7,9,12H2,(H,24,25). The average Bonchev–Trinajstić information content (AvgIpc) is 3.25. The number of fused-ring (bicyclic) bond motifs is 1. The molecule has 1 heterocycles. The van der Waals surface area contributed by atoms with Gasteiger partial charge in [0.1, 0.15) is 5.82 Å². The van der Waals surface area contributed by atoms with Gasteiger partial charge in [0.15, 0.2) is 0 Å². The summed E-state index contributed by atoms with van der Waals surface area (Å²) in [5, 5.41) is 4.87. The Morgan fingerprint density at radius 2 is 2.08 bits per heavy atom. The third kappa shape index (κ3) is 3.27. The van der Waals surface area contributed by atoms with Gasteiger partial charge < -0.3 is 10.3 Å². The van der Waals surface area contributed by atoms with Gasteiger partial charge in [0, 0.05) is 34.1 Å². The van der Waals surface area contributed by atoms with Gasteiger partial charge in [0.25, 0.3) is 0 Å². The molecule has 25 heavy (non-hydrogen) atoms. The van der Waals surface area contributed by atoms with E-state index in [9.17, 15) is 9.18 Å². The van der Waals surface area contributed by atoms with E-state index in [1.54, 1.807) is 12.1 Å². The molecule has 2 aromatic carbocycles. The monoisotopic (exact) mass is 356 g/mol. The summed E-state index contributed by atoms with van der Waals surface area (Å²) in [5.74, 6) is -0.402. The molecule has 4 rings (SSSR count). The van der Waals surface area contributed by atoms with Gasteiger partial charge in [-0.2, -0.15) is 0 Å². The highest BCUT2D eigenvalue weighted by Gasteiger charge is 2.45. The number of halogens is 2. The van der Waals surface area contributed by atoms with Gasteiger partial charge in [-0.3, -0.25) is 4.79 Å². The number of rotatable bonds is 5. The number of aromatic nitrogens is 1. The van der Waals surface area contributed by atoms with Crippen LogP contribution in [0.25, 0.3) is 10.9 Å². The van der Waals surface area contributed by atoms with Crippen LogP contribution in [0.5, 0.6) is 0 Å². The second kappa shape index (κ2) is 6.19. The number of benzene rings is 2. The van der Waals surface area contributed by atoms with Gasteiger partial charge >= 0.3 is 0 Å². The summed E-state index contributed by atoms with van der Waals surface area (Å²) >= 11 is 6.04. The van der Waals surface area contributed by atoms with Gasteiger partial charge in [-0.05, 0) is 48.2 Å². The van der Waals surface area contributed by atoms with Crippen molar-refractivity contribution in [2.24, 2.45) is 0 Å². The molecular formula is C20H18ClFN2O. The van der Waals surface area contributed by atoms with Crippen LogP contribution >= 0.6 is 11.6 Å². The lowest BCUT2D eigenvalue weighted by atomic mass is 9.95. The lowest BCUT2D eigenvalue weighted by molar-refractivity contribution is -0.120. The lowest BCUT2D eigenvalue weighted by Crippen LogP contribution is -2.33. The zero-order valence-electron chi connectivity index (χ0n) is 13.6. The number of nitrogens with one attached hydrogen (secondary N) is 2. The number of carbonyl (C=O) groups is 1. The summed E-state index contributed by atoms with van der Waals surface area (Å²) < 4.78 is 13.2. The predicted octanol–water partition coefficient (Wildman–Crippen LogP) is 4.35. The summed E-state index contributed by atoms with van der Waals surface area (Å²) in [6.07, 6.45) is 4.30. The molecule has 0 saturated heterocycles. The molecule has 0 aliphatic heterocycles. The number of hydrogen-bond donors (Lipinski definition) is 2. The van der Waals surface area contributed by atoms with Crippen molar-refractivity contribution in [3.8, 4) is 0 Å². The van der Waals surface area contributed by atoms with E-state index in [0.29, 0.717) is 17.1 Å². The lowest BCUT2D eigenvalue weighted by Gasteiger charge is -2.16. The maximum absolute atomic E-state index is 13.2. The molecule has 2 N–H and O–H groups in total. The molecule has 0 radical (unpaired) electrons. The van der Waals surface area contributed by atoms with Crippen LogP contribution in [0.3, 0.4) is 0 Å². The first kappa shape index (κ1) is 16.2. The minimum Gasteiger partial charge on any atom is -0.361 e. The van der Waals surface area contributed by atoms with Gasteiger partial charge in [0.2, 0.25) is 5.91 Å². The Hall–Kier alpha value is -2.33. The molecule has 0 spiro atoms. The molecule has 1 aliphatic carbocycles. The molecule has 1 saturated carbocycles. The quantitative estimate of drug-likeness (QED) is 0.701. The minimum absolute atomic E-state index is 0.0102. The number of H-pyrrole nitrogens is 1. The Kier molecular flexibility index (Phi) is 4.00. The van der Waals surface area contributed by atoms with Crippen LogP contribution in [0.1, 0.15) is 24.0 Å². The number of hydrogen-bond acceptors (Lipinski definition) is 1. The van der Waals surface area contributed by atoms with Crippen molar-refractivity contribution in [1.82, 2.24) is 10.3 Å². The highest BCUT2D eigenvalue weighted by molar-refractivity contribution is 6.31. The fourth-order valence-corrected chi connectivity index (χ4v) is 3.56. The number of amides is 1. The number of aromatic amines is 1. The second-order valence-corrected chi connectivity index (χ2v) is 7.19. The van der Waals surface area contributed by atoms with Crippen LogP contribution in [0, 0.1) is 5.82 Å². The average molecular weight is 357 g/mol. The number of carbonyl (C=O) groups excluding carboxylic acids is 1. The predicted molar refractivity (Wildman–Crippen MR) is 97.3 cm³/mol. The van der Waals surface area contributed by atoms with E-state index in [4.69, 9.17) is 11.6 Å². The zero-order chi connectivity index (χ0) is 17.4. The smallest absolute Gasteiger partial charge is 0.224 e. The molecule has 5 heteroatoms. The zero-order valence-corrected chi connectivity index (χ0v) is 14.4. The summed E-state index contributed by atoms with van der Waals surface area (Å²) in [6, 6.07) is 12.0. The summed E-state index contributed by atoms with van der Waals surface area (Å²) in [4.78, 5) is 15.5. The van der Waals surface area contributed by atoms with Crippen molar-refractivity contribution in [1.29, 1.82) is 0 Å². The van der Waals surface area contributed by atoms with Crippen LogP contribution in [0.2, 0.25) is 5.02 Å². The first-order valence-corrected chi connectivity index (χ1v) is 8.72. The van der Waals surface area contributed by atoms with E-state index in [-0.39, 0.29) is 23.6 Å². The maximum atomic E-state index is 13.2. The Morgan fingerprint density at radius 3 is 2.84 bits per heavy atom. The van der Waals surface area contributed by atoms with Crippen molar-refractivity contribution in [2.45, 2.75) is 24.7 Å². The molecule has 0 unspecified atom stereocenters. The Balaban J connectivity index is 1.46. The van der Waals surface area contributed by atoms with Crippen LogP contribution < -0.4 is 5.32 Å². The molecule has 128 valence electrons. The Labute approximate surface area is 150 Å². The van der Waals surface area contributed by atoms with Crippen LogP contribution in [-0.2, 0) is 16.6 Å². The van der Waals surface area contributed by atoms with E-state index in [2.05, 4.69) is 10.3 Å². The van der Waals surface area contributed by atoms with Gasteiger partial charge in [-0.1, -0.05) is 29.8 Å². The van der Waals surface area contributed by atoms with Gasteiger partial charge in [0.05, 0.1) is 6.42 Å². The molecule has 0 atom stereocenters. The van der Waals surface area contributed by atoms with E-state index in [1.807, 2.05) is 24.4 Å². The molecule has 1 amide bonds. The minimum atomic E-state index is -0.318. The van der Waals surface area contributed by atoms with Crippen molar-refractivity contribution in [2.75, 3.05) is 6.54 Å². The second-order valence-electron chi connectivity index (χ2n) is 6.76.